The van der Waals surface area contributed by atoms with Crippen LogP contribution in [0, 0.1) is 0 Å². The molecule has 6 heteroatoms. The van der Waals surface area contributed by atoms with E-state index in [0.717, 1.165) is 18.4 Å². The lowest BCUT2D eigenvalue weighted by Crippen LogP contribution is -2.32. The Labute approximate surface area is 129 Å². The molecule has 0 atom stereocenters. The number of nitrogens with one attached hydrogen (secondary N) is 2. The number of halogens is 1. The summed E-state index contributed by atoms with van der Waals surface area (Å²) in [5.74, 6) is -0.785. The molecule has 0 bridgehead atoms. The van der Waals surface area contributed by atoms with E-state index >= 15 is 0 Å². The van der Waals surface area contributed by atoms with Crippen molar-refractivity contribution < 1.29 is 14.7 Å². The minimum absolute atomic E-state index is 0.175. The minimum atomic E-state index is -0.785. The molecule has 0 saturated heterocycles. The summed E-state index contributed by atoms with van der Waals surface area (Å²) >= 11 is 5.85. The van der Waals surface area contributed by atoms with Crippen molar-refractivity contribution in [1.82, 2.24) is 10.6 Å². The Morgan fingerprint density at radius 1 is 1.24 bits per heavy atom. The first-order valence-corrected chi connectivity index (χ1v) is 7.14. The number of hydrogen-bond donors (Lipinski definition) is 3. The van der Waals surface area contributed by atoms with Crippen LogP contribution in [0.1, 0.15) is 31.2 Å². The molecule has 0 saturated carbocycles. The van der Waals surface area contributed by atoms with E-state index in [4.69, 9.17) is 16.7 Å². The van der Waals surface area contributed by atoms with E-state index in [1.165, 1.54) is 0 Å². The fraction of sp³-hybridized carbons (Fsp3) is 0.333. The van der Waals surface area contributed by atoms with Crippen LogP contribution in [0.4, 0.5) is 4.79 Å². The SMILES string of the molecule is O=C(O)CCCCCNC(=O)N/C=C/c1cccc(Cl)c1. The van der Waals surface area contributed by atoms with Gasteiger partial charge in [-0.3, -0.25) is 4.79 Å². The van der Waals surface area contributed by atoms with Crippen LogP contribution in [-0.2, 0) is 4.79 Å². The average Bonchev–Trinajstić information content (AvgIpc) is 2.42. The molecule has 0 aliphatic heterocycles. The number of carbonyl (C=O) groups is 2. The number of rotatable bonds is 8. The van der Waals surface area contributed by atoms with E-state index < -0.39 is 5.97 Å². The highest BCUT2D eigenvalue weighted by Crippen LogP contribution is 2.11. The maximum Gasteiger partial charge on any atom is 0.318 e. The van der Waals surface area contributed by atoms with Gasteiger partial charge in [-0.2, -0.15) is 0 Å². The van der Waals surface area contributed by atoms with Gasteiger partial charge in [0.2, 0.25) is 0 Å². The molecule has 114 valence electrons. The molecule has 21 heavy (non-hydrogen) atoms. The van der Waals surface area contributed by atoms with Crippen LogP contribution in [0.15, 0.2) is 30.5 Å². The number of carboxylic acid groups (broad SMARTS) is 1. The molecule has 0 aliphatic rings. The van der Waals surface area contributed by atoms with Gasteiger partial charge in [-0.25, -0.2) is 4.79 Å². The fourth-order valence-electron chi connectivity index (χ4n) is 1.65. The van der Waals surface area contributed by atoms with E-state index in [-0.39, 0.29) is 12.5 Å². The van der Waals surface area contributed by atoms with E-state index in [2.05, 4.69) is 10.6 Å². The molecule has 3 N–H and O–H groups in total. The first-order chi connectivity index (χ1) is 10.1. The highest BCUT2D eigenvalue weighted by Gasteiger charge is 1.98. The van der Waals surface area contributed by atoms with Gasteiger partial charge in [0.15, 0.2) is 0 Å². The van der Waals surface area contributed by atoms with Crippen LogP contribution in [0.25, 0.3) is 6.08 Å². The third-order valence-corrected chi connectivity index (χ3v) is 2.93. The molecular formula is C15H19ClN2O3. The highest BCUT2D eigenvalue weighted by atomic mass is 35.5. The summed E-state index contributed by atoms with van der Waals surface area (Å²) in [6.45, 7) is 0.524. The number of hydrogen-bond acceptors (Lipinski definition) is 2. The summed E-state index contributed by atoms with van der Waals surface area (Å²) in [6, 6.07) is 7.00. The lowest BCUT2D eigenvalue weighted by Gasteiger charge is -2.04. The second kappa shape index (κ2) is 9.83. The summed E-state index contributed by atoms with van der Waals surface area (Å²) in [5, 5.41) is 14.4. The molecule has 0 heterocycles. The van der Waals surface area contributed by atoms with Crippen molar-refractivity contribution in [2.75, 3.05) is 6.54 Å². The van der Waals surface area contributed by atoms with Gasteiger partial charge in [-0.05, 0) is 36.6 Å². The number of unbranched alkanes of at least 4 members (excludes halogenated alkanes) is 2. The zero-order valence-corrected chi connectivity index (χ0v) is 12.4. The number of benzene rings is 1. The van der Waals surface area contributed by atoms with Gasteiger partial charge in [0.1, 0.15) is 0 Å². The van der Waals surface area contributed by atoms with Crippen LogP contribution in [0.2, 0.25) is 5.02 Å². The Bertz CT molecular complexity index is 503. The normalized spacial score (nSPS) is 10.5. The highest BCUT2D eigenvalue weighted by molar-refractivity contribution is 6.30. The van der Waals surface area contributed by atoms with Crippen molar-refractivity contribution in [3.8, 4) is 0 Å². The number of amides is 2. The lowest BCUT2D eigenvalue weighted by molar-refractivity contribution is -0.137. The van der Waals surface area contributed by atoms with Crippen LogP contribution < -0.4 is 10.6 Å². The Kier molecular flexibility index (Phi) is 7.97. The summed E-state index contributed by atoms with van der Waals surface area (Å²) in [5.41, 5.74) is 0.900. The number of aliphatic carboxylic acids is 1. The molecule has 0 spiro atoms. The standard InChI is InChI=1S/C15H19ClN2O3/c16-13-6-4-5-12(11-13)8-10-18-15(21)17-9-3-1-2-7-14(19)20/h4-6,8,10-11H,1-3,7,9H2,(H,19,20)(H2,17,18,21)/b10-8+. The van der Waals surface area contributed by atoms with E-state index in [9.17, 15) is 9.59 Å². The van der Waals surface area contributed by atoms with Gasteiger partial charge in [-0.15, -0.1) is 0 Å². The Balaban J connectivity index is 2.12. The number of urea groups is 1. The van der Waals surface area contributed by atoms with Gasteiger partial charge >= 0.3 is 12.0 Å². The molecule has 0 aliphatic carbocycles. The van der Waals surface area contributed by atoms with Crippen LogP contribution in [-0.4, -0.2) is 23.7 Å². The van der Waals surface area contributed by atoms with Crippen molar-refractivity contribution in [2.24, 2.45) is 0 Å². The van der Waals surface area contributed by atoms with Gasteiger partial charge in [0.25, 0.3) is 0 Å². The molecule has 2 amide bonds. The molecule has 1 rings (SSSR count). The van der Waals surface area contributed by atoms with Gasteiger partial charge < -0.3 is 15.7 Å². The fourth-order valence-corrected chi connectivity index (χ4v) is 1.85. The van der Waals surface area contributed by atoms with Crippen molar-refractivity contribution in [3.63, 3.8) is 0 Å². The largest absolute Gasteiger partial charge is 0.481 e. The molecule has 0 fully saturated rings. The zero-order valence-electron chi connectivity index (χ0n) is 11.6. The first kappa shape index (κ1) is 17.0. The smallest absolute Gasteiger partial charge is 0.318 e. The molecule has 0 unspecified atom stereocenters. The lowest BCUT2D eigenvalue weighted by atomic mass is 10.2. The summed E-state index contributed by atoms with van der Waals surface area (Å²) < 4.78 is 0. The Morgan fingerprint density at radius 2 is 2.05 bits per heavy atom. The third-order valence-electron chi connectivity index (χ3n) is 2.69. The average molecular weight is 311 g/mol. The number of carbonyl (C=O) groups excluding carboxylic acids is 1. The van der Waals surface area contributed by atoms with Gasteiger partial charge in [-0.1, -0.05) is 30.2 Å². The van der Waals surface area contributed by atoms with E-state index in [1.807, 2.05) is 12.1 Å². The topological polar surface area (TPSA) is 78.4 Å². The van der Waals surface area contributed by atoms with Gasteiger partial charge in [0.05, 0.1) is 0 Å². The number of carboxylic acids is 1. The summed E-state index contributed by atoms with van der Waals surface area (Å²) in [6.07, 6.45) is 5.65. The van der Waals surface area contributed by atoms with E-state index in [0.29, 0.717) is 18.0 Å². The van der Waals surface area contributed by atoms with Crippen LogP contribution in [0.3, 0.4) is 0 Å². The van der Waals surface area contributed by atoms with Crippen molar-refractivity contribution >= 4 is 29.7 Å². The Hall–Kier alpha value is -2.01. The van der Waals surface area contributed by atoms with Crippen molar-refractivity contribution in [3.05, 3.63) is 41.1 Å². The molecule has 1 aromatic rings. The van der Waals surface area contributed by atoms with Gasteiger partial charge in [0, 0.05) is 24.2 Å². The van der Waals surface area contributed by atoms with Crippen molar-refractivity contribution in [1.29, 1.82) is 0 Å². The predicted octanol–water partition coefficient (Wildman–Crippen LogP) is 3.25. The minimum Gasteiger partial charge on any atom is -0.481 e. The predicted molar refractivity (Wildman–Crippen MR) is 83.1 cm³/mol. The zero-order chi connectivity index (χ0) is 15.5. The molecular weight excluding hydrogens is 292 g/mol. The monoisotopic (exact) mass is 310 g/mol. The molecule has 0 radical (unpaired) electrons. The van der Waals surface area contributed by atoms with Crippen LogP contribution >= 0.6 is 11.6 Å². The molecule has 1 aromatic carbocycles. The summed E-state index contributed by atoms with van der Waals surface area (Å²) in [7, 11) is 0. The summed E-state index contributed by atoms with van der Waals surface area (Å²) in [4.78, 5) is 21.7. The van der Waals surface area contributed by atoms with E-state index in [1.54, 1.807) is 24.4 Å². The second-order valence-electron chi connectivity index (χ2n) is 4.49. The maximum absolute atomic E-state index is 11.4. The van der Waals surface area contributed by atoms with Crippen molar-refractivity contribution in [2.45, 2.75) is 25.7 Å². The molecule has 0 aromatic heterocycles. The van der Waals surface area contributed by atoms with Crippen LogP contribution in [0.5, 0.6) is 0 Å². The third kappa shape index (κ3) is 8.70. The molecule has 5 nitrogen and oxygen atoms in total. The maximum atomic E-state index is 11.4. The quantitative estimate of drug-likeness (QED) is 0.645. The second-order valence-corrected chi connectivity index (χ2v) is 4.93. The Morgan fingerprint density at radius 3 is 2.76 bits per heavy atom. The first-order valence-electron chi connectivity index (χ1n) is 6.76.